The molecule has 1 saturated carbocycles. The van der Waals surface area contributed by atoms with Crippen LogP contribution in [0.3, 0.4) is 0 Å². The molecule has 0 radical (unpaired) electrons. The molecule has 0 aromatic heterocycles. The van der Waals surface area contributed by atoms with Gasteiger partial charge in [-0.1, -0.05) is 12.8 Å². The lowest BCUT2D eigenvalue weighted by molar-refractivity contribution is -0.137. The van der Waals surface area contributed by atoms with Gasteiger partial charge in [-0.05, 0) is 37.5 Å². The van der Waals surface area contributed by atoms with Gasteiger partial charge in [0, 0.05) is 29.3 Å². The van der Waals surface area contributed by atoms with Crippen LogP contribution in [-0.2, 0) is 9.53 Å². The van der Waals surface area contributed by atoms with E-state index < -0.39 is 0 Å². The van der Waals surface area contributed by atoms with Crippen LogP contribution in [0.25, 0.3) is 5.70 Å². The van der Waals surface area contributed by atoms with Crippen molar-refractivity contribution in [2.45, 2.75) is 44.6 Å². The molecule has 1 aliphatic heterocycles. The largest absolute Gasteiger partial charge is 0.493 e. The van der Waals surface area contributed by atoms with Gasteiger partial charge in [-0.3, -0.25) is 0 Å². The fraction of sp³-hybridized carbons (Fsp3) is 0.526. The van der Waals surface area contributed by atoms with Gasteiger partial charge in [0.05, 0.1) is 20.8 Å². The summed E-state index contributed by atoms with van der Waals surface area (Å²) in [5.41, 5.74) is 3.04. The number of carbonyl (C=O) groups excluding carboxylic acids is 1. The van der Waals surface area contributed by atoms with Crippen molar-refractivity contribution in [3.63, 3.8) is 0 Å². The number of hydrogen-bond acceptors (Lipinski definition) is 5. The van der Waals surface area contributed by atoms with E-state index in [1.54, 1.807) is 20.3 Å². The topological polar surface area (TPSA) is 56.8 Å². The first-order valence-corrected chi connectivity index (χ1v) is 8.59. The molecule has 1 N–H and O–H groups in total. The zero-order chi connectivity index (χ0) is 17.1. The Bertz CT molecular complexity index is 653. The molecule has 1 heterocycles. The molecule has 0 saturated heterocycles. The number of ether oxygens (including phenoxy) is 3. The van der Waals surface area contributed by atoms with Gasteiger partial charge in [-0.2, -0.15) is 0 Å². The summed E-state index contributed by atoms with van der Waals surface area (Å²) in [5, 5.41) is 3.55. The zero-order valence-corrected chi connectivity index (χ0v) is 14.6. The molecule has 130 valence electrons. The number of fused-ring (bicyclic) bond motifs is 3. The van der Waals surface area contributed by atoms with Gasteiger partial charge in [0.2, 0.25) is 0 Å². The highest BCUT2D eigenvalue weighted by Crippen LogP contribution is 2.45. The lowest BCUT2D eigenvalue weighted by Gasteiger charge is -2.40. The Morgan fingerprint density at radius 2 is 1.92 bits per heavy atom. The highest BCUT2D eigenvalue weighted by molar-refractivity contribution is 5.92. The molecule has 0 bridgehead atoms. The molecular formula is C19H25NO4. The Hall–Kier alpha value is -2.17. The number of hydrogen-bond donors (Lipinski definition) is 1. The number of carbonyl (C=O) groups is 1. The normalized spacial score (nSPS) is 23.7. The average Bonchev–Trinajstić information content (AvgIpc) is 2.60. The van der Waals surface area contributed by atoms with E-state index in [0.29, 0.717) is 24.3 Å². The van der Waals surface area contributed by atoms with E-state index in [2.05, 4.69) is 11.4 Å². The SMILES string of the molecule is CCOC(=O)C=C1N[C@@H]2CCCC[C@@H]2c2cc(OC)c(OC)cc21. The maximum atomic E-state index is 12.0. The molecule has 0 amide bonds. The van der Waals surface area contributed by atoms with Gasteiger partial charge in [0.15, 0.2) is 11.5 Å². The van der Waals surface area contributed by atoms with E-state index in [1.165, 1.54) is 18.4 Å². The fourth-order valence-corrected chi connectivity index (χ4v) is 3.81. The maximum Gasteiger partial charge on any atom is 0.332 e. The van der Waals surface area contributed by atoms with E-state index in [9.17, 15) is 4.79 Å². The molecule has 1 aromatic carbocycles. The van der Waals surface area contributed by atoms with Crippen LogP contribution in [0, 0.1) is 0 Å². The highest BCUT2D eigenvalue weighted by Gasteiger charge is 2.34. The standard InChI is InChI=1S/C19H25NO4/c1-4-24-19(21)11-16-14-10-18(23-3)17(22-2)9-13(14)12-7-5-6-8-15(12)20-16/h9-12,15,20H,4-8H2,1-3H3/t12-,15-/m1/s1. The number of benzene rings is 1. The third-order valence-corrected chi connectivity index (χ3v) is 4.90. The van der Waals surface area contributed by atoms with Crippen molar-refractivity contribution in [2.24, 2.45) is 0 Å². The lowest BCUT2D eigenvalue weighted by atomic mass is 9.75. The molecule has 3 rings (SSSR count). The molecule has 5 heteroatoms. The first-order chi connectivity index (χ1) is 11.7. The second-order valence-electron chi connectivity index (χ2n) is 6.25. The summed E-state index contributed by atoms with van der Waals surface area (Å²) in [6, 6.07) is 4.37. The summed E-state index contributed by atoms with van der Waals surface area (Å²) in [6.45, 7) is 2.18. The summed E-state index contributed by atoms with van der Waals surface area (Å²) in [7, 11) is 3.28. The Morgan fingerprint density at radius 3 is 2.62 bits per heavy atom. The van der Waals surface area contributed by atoms with E-state index in [-0.39, 0.29) is 5.97 Å². The number of esters is 1. The van der Waals surface area contributed by atoms with Crippen molar-refractivity contribution in [1.82, 2.24) is 5.32 Å². The van der Waals surface area contributed by atoms with Crippen LogP contribution in [0.1, 0.15) is 49.7 Å². The van der Waals surface area contributed by atoms with Gasteiger partial charge in [0.25, 0.3) is 0 Å². The monoisotopic (exact) mass is 331 g/mol. The van der Waals surface area contributed by atoms with E-state index in [4.69, 9.17) is 14.2 Å². The third-order valence-electron chi connectivity index (χ3n) is 4.90. The first kappa shape index (κ1) is 16.7. The van der Waals surface area contributed by atoms with Crippen LogP contribution in [-0.4, -0.2) is 32.8 Å². The van der Waals surface area contributed by atoms with Crippen LogP contribution in [0.4, 0.5) is 0 Å². The van der Waals surface area contributed by atoms with Crippen LogP contribution >= 0.6 is 0 Å². The van der Waals surface area contributed by atoms with Crippen LogP contribution in [0.2, 0.25) is 0 Å². The van der Waals surface area contributed by atoms with Gasteiger partial charge >= 0.3 is 5.97 Å². The third kappa shape index (κ3) is 3.07. The summed E-state index contributed by atoms with van der Waals surface area (Å²) >= 11 is 0. The van der Waals surface area contributed by atoms with Gasteiger partial charge in [0.1, 0.15) is 0 Å². The molecule has 0 spiro atoms. The van der Waals surface area contributed by atoms with Crippen molar-refractivity contribution in [3.8, 4) is 11.5 Å². The summed E-state index contributed by atoms with van der Waals surface area (Å²) < 4.78 is 16.0. The van der Waals surface area contributed by atoms with Gasteiger partial charge in [-0.15, -0.1) is 0 Å². The summed E-state index contributed by atoms with van der Waals surface area (Å²) in [5.74, 6) is 1.52. The Labute approximate surface area is 143 Å². The number of nitrogens with one attached hydrogen (secondary N) is 1. The second-order valence-corrected chi connectivity index (χ2v) is 6.25. The van der Waals surface area contributed by atoms with E-state index in [0.717, 1.165) is 29.9 Å². The number of rotatable bonds is 4. The van der Waals surface area contributed by atoms with Crippen molar-refractivity contribution in [3.05, 3.63) is 29.3 Å². The predicted molar refractivity (Wildman–Crippen MR) is 92.3 cm³/mol. The Morgan fingerprint density at radius 1 is 1.21 bits per heavy atom. The van der Waals surface area contributed by atoms with Gasteiger partial charge in [-0.25, -0.2) is 4.79 Å². The lowest BCUT2D eigenvalue weighted by Crippen LogP contribution is -2.40. The van der Waals surface area contributed by atoms with E-state index in [1.807, 2.05) is 13.0 Å². The van der Waals surface area contributed by atoms with Crippen molar-refractivity contribution in [1.29, 1.82) is 0 Å². The van der Waals surface area contributed by atoms with Crippen LogP contribution < -0.4 is 14.8 Å². The molecule has 5 nitrogen and oxygen atoms in total. The minimum absolute atomic E-state index is 0.324. The minimum Gasteiger partial charge on any atom is -0.493 e. The number of methoxy groups -OCH3 is 2. The molecule has 1 aliphatic carbocycles. The summed E-state index contributed by atoms with van der Waals surface area (Å²) in [6.07, 6.45) is 6.25. The van der Waals surface area contributed by atoms with Gasteiger partial charge < -0.3 is 19.5 Å². The zero-order valence-electron chi connectivity index (χ0n) is 14.6. The van der Waals surface area contributed by atoms with Crippen molar-refractivity contribution >= 4 is 11.7 Å². The average molecular weight is 331 g/mol. The maximum absolute atomic E-state index is 12.0. The highest BCUT2D eigenvalue weighted by atomic mass is 16.5. The predicted octanol–water partition coefficient (Wildman–Crippen LogP) is 3.24. The molecule has 0 unspecified atom stereocenters. The second kappa shape index (κ2) is 7.16. The molecule has 2 atom stereocenters. The smallest absolute Gasteiger partial charge is 0.332 e. The quantitative estimate of drug-likeness (QED) is 0.678. The minimum atomic E-state index is -0.324. The van der Waals surface area contributed by atoms with Crippen LogP contribution in [0.5, 0.6) is 11.5 Å². The van der Waals surface area contributed by atoms with Crippen molar-refractivity contribution in [2.75, 3.05) is 20.8 Å². The molecule has 2 aliphatic rings. The molecule has 24 heavy (non-hydrogen) atoms. The Balaban J connectivity index is 2.09. The van der Waals surface area contributed by atoms with Crippen LogP contribution in [0.15, 0.2) is 18.2 Å². The first-order valence-electron chi connectivity index (χ1n) is 8.59. The molecular weight excluding hydrogens is 306 g/mol. The van der Waals surface area contributed by atoms with E-state index >= 15 is 0 Å². The van der Waals surface area contributed by atoms with Crippen molar-refractivity contribution < 1.29 is 19.0 Å². The molecule has 1 fully saturated rings. The fourth-order valence-electron chi connectivity index (χ4n) is 3.81. The molecule has 1 aromatic rings. The summed E-state index contributed by atoms with van der Waals surface area (Å²) in [4.78, 5) is 12.0. The Kier molecular flexibility index (Phi) is 4.97.